The Bertz CT molecular complexity index is 1520. The van der Waals surface area contributed by atoms with Gasteiger partial charge >= 0.3 is 6.18 Å². The molecule has 2 amide bonds. The maximum Gasteiger partial charge on any atom is 0.435 e. The van der Waals surface area contributed by atoms with Crippen LogP contribution in [0, 0.1) is 0 Å². The summed E-state index contributed by atoms with van der Waals surface area (Å²) in [6, 6.07) is 2.07. The number of hydrogen-bond donors (Lipinski definition) is 3. The summed E-state index contributed by atoms with van der Waals surface area (Å²) in [4.78, 5) is 40.2. The van der Waals surface area contributed by atoms with E-state index in [1.54, 1.807) is 0 Å². The number of nitrogens with zero attached hydrogens (tertiary/aromatic N) is 4. The van der Waals surface area contributed by atoms with Gasteiger partial charge in [0.1, 0.15) is 12.1 Å². The summed E-state index contributed by atoms with van der Waals surface area (Å²) in [5, 5.41) is 11.5. The Labute approximate surface area is 233 Å². The third-order valence-electron chi connectivity index (χ3n) is 6.76. The first kappa shape index (κ1) is 28.5. The minimum absolute atomic E-state index is 0.0150. The van der Waals surface area contributed by atoms with E-state index in [1.165, 1.54) is 25.2 Å². The Morgan fingerprint density at radius 2 is 1.98 bits per heavy atom. The number of imidazole rings is 1. The molecule has 3 aromatic rings. The molecule has 3 N–H and O–H groups in total. The van der Waals surface area contributed by atoms with Crippen molar-refractivity contribution in [3.63, 3.8) is 0 Å². The molecule has 1 aliphatic heterocycles. The van der Waals surface area contributed by atoms with Crippen LogP contribution in [0.15, 0.2) is 30.6 Å². The fraction of sp³-hybridized carbons (Fsp3) is 0.375. The molecule has 3 unspecified atom stereocenters. The maximum absolute atomic E-state index is 13.7. The van der Waals surface area contributed by atoms with Gasteiger partial charge in [0.15, 0.2) is 11.5 Å². The van der Waals surface area contributed by atoms with Crippen molar-refractivity contribution in [3.8, 4) is 11.3 Å². The summed E-state index contributed by atoms with van der Waals surface area (Å²) in [6.07, 6.45) is -4.24. The van der Waals surface area contributed by atoms with Gasteiger partial charge in [0.25, 0.3) is 24.2 Å². The van der Waals surface area contributed by atoms with Gasteiger partial charge in [-0.2, -0.15) is 18.3 Å². The Morgan fingerprint density at radius 3 is 2.61 bits per heavy atom. The Balaban J connectivity index is 1.32. The van der Waals surface area contributed by atoms with Crippen molar-refractivity contribution < 1.29 is 41.1 Å². The number of hydrogen-bond acceptors (Lipinski definition) is 7. The second-order valence-electron chi connectivity index (χ2n) is 9.53. The van der Waals surface area contributed by atoms with Crippen LogP contribution in [0.5, 0.6) is 0 Å². The van der Waals surface area contributed by atoms with Gasteiger partial charge in [0, 0.05) is 38.4 Å². The van der Waals surface area contributed by atoms with Crippen LogP contribution in [0.2, 0.25) is 5.02 Å². The zero-order valence-electron chi connectivity index (χ0n) is 21.0. The highest BCUT2D eigenvalue weighted by molar-refractivity contribution is 6.34. The van der Waals surface area contributed by atoms with E-state index in [0.29, 0.717) is 24.2 Å². The van der Waals surface area contributed by atoms with Gasteiger partial charge in [-0.05, 0) is 18.2 Å². The third kappa shape index (κ3) is 5.61. The molecule has 17 heteroatoms. The highest BCUT2D eigenvalue weighted by Gasteiger charge is 2.59. The molecule has 41 heavy (non-hydrogen) atoms. The van der Waals surface area contributed by atoms with Crippen LogP contribution in [-0.2, 0) is 22.8 Å². The van der Waals surface area contributed by atoms with Crippen LogP contribution in [0.1, 0.15) is 39.1 Å². The molecule has 1 aliphatic carbocycles. The number of aromatic nitrogens is 4. The van der Waals surface area contributed by atoms with Crippen LogP contribution in [0.3, 0.4) is 0 Å². The molecule has 5 rings (SSSR count). The first-order valence-electron chi connectivity index (χ1n) is 12.1. The molecule has 1 saturated heterocycles. The van der Waals surface area contributed by atoms with Gasteiger partial charge in [0.2, 0.25) is 0 Å². The molecule has 0 bridgehead atoms. The van der Waals surface area contributed by atoms with E-state index < -0.39 is 59.8 Å². The number of benzene rings is 1. The summed E-state index contributed by atoms with van der Waals surface area (Å²) in [5.41, 5.74) is -1.82. The molecular weight excluding hydrogens is 581 g/mol. The van der Waals surface area contributed by atoms with E-state index in [4.69, 9.17) is 16.3 Å². The molecule has 11 nitrogen and oxygen atoms in total. The van der Waals surface area contributed by atoms with E-state index in [2.05, 4.69) is 26.0 Å². The van der Waals surface area contributed by atoms with Gasteiger partial charge in [0.05, 0.1) is 34.1 Å². The largest absolute Gasteiger partial charge is 0.461 e. The molecular formula is C24H21ClF5N7O4. The zero-order chi connectivity index (χ0) is 29.7. The number of amides is 2. The standard InChI is InChI=1S/C24H21ClF5N7O4/c1-36-16(13-9-37(18-5-23(18,26)27)35-19(13)24(28,29)30)7-32-20(36)22(40)33-11-2-3-12(14(25)4-11)21(39)34-15-6-31-8-17(15)41-10-38/h2-4,7,9-10,15,17-18,31H,5-6,8H2,1H3,(H,33,40)(H,34,39). The van der Waals surface area contributed by atoms with Crippen LogP contribution in [0.4, 0.5) is 27.6 Å². The van der Waals surface area contributed by atoms with Crippen LogP contribution in [-0.4, -0.2) is 68.8 Å². The summed E-state index contributed by atoms with van der Waals surface area (Å²) in [7, 11) is 1.29. The second kappa shape index (κ2) is 10.4. The van der Waals surface area contributed by atoms with Gasteiger partial charge in [-0.1, -0.05) is 11.6 Å². The molecule has 218 valence electrons. The molecule has 2 aromatic heterocycles. The topological polar surface area (TPSA) is 132 Å². The van der Waals surface area contributed by atoms with E-state index in [1.807, 2.05) is 0 Å². The second-order valence-corrected chi connectivity index (χ2v) is 9.94. The molecule has 1 saturated carbocycles. The number of nitrogens with one attached hydrogen (secondary N) is 3. The number of ether oxygens (including phenoxy) is 1. The maximum atomic E-state index is 13.7. The average Bonchev–Trinajstić information content (AvgIpc) is 3.30. The molecule has 0 spiro atoms. The molecule has 2 fully saturated rings. The number of rotatable bonds is 8. The number of carbonyl (C=O) groups is 3. The van der Waals surface area contributed by atoms with Crippen molar-refractivity contribution in [2.24, 2.45) is 7.05 Å². The lowest BCUT2D eigenvalue weighted by atomic mass is 10.1. The average molecular weight is 602 g/mol. The van der Waals surface area contributed by atoms with Crippen molar-refractivity contribution in [2.45, 2.75) is 36.7 Å². The van der Waals surface area contributed by atoms with Gasteiger partial charge in [-0.3, -0.25) is 19.1 Å². The molecule has 3 atom stereocenters. The van der Waals surface area contributed by atoms with Crippen LogP contribution in [0.25, 0.3) is 11.3 Å². The highest BCUT2D eigenvalue weighted by atomic mass is 35.5. The fourth-order valence-electron chi connectivity index (χ4n) is 4.53. The minimum Gasteiger partial charge on any atom is -0.461 e. The van der Waals surface area contributed by atoms with Crippen molar-refractivity contribution in [1.29, 1.82) is 0 Å². The number of alkyl halides is 5. The predicted octanol–water partition coefficient (Wildman–Crippen LogP) is 3.03. The summed E-state index contributed by atoms with van der Waals surface area (Å²) in [6.45, 7) is 1.04. The lowest BCUT2D eigenvalue weighted by Crippen LogP contribution is -2.43. The summed E-state index contributed by atoms with van der Waals surface area (Å²) in [5.74, 6) is -4.79. The Morgan fingerprint density at radius 1 is 1.24 bits per heavy atom. The third-order valence-corrected chi connectivity index (χ3v) is 7.07. The van der Waals surface area contributed by atoms with Gasteiger partial charge in [-0.15, -0.1) is 0 Å². The fourth-order valence-corrected chi connectivity index (χ4v) is 4.79. The Kier molecular flexibility index (Phi) is 7.23. The van der Waals surface area contributed by atoms with E-state index in [-0.39, 0.29) is 27.8 Å². The molecule has 3 heterocycles. The predicted molar refractivity (Wildman–Crippen MR) is 132 cm³/mol. The van der Waals surface area contributed by atoms with Crippen LogP contribution < -0.4 is 16.0 Å². The van der Waals surface area contributed by atoms with Gasteiger partial charge in [-0.25, -0.2) is 13.8 Å². The lowest BCUT2D eigenvalue weighted by Gasteiger charge is -2.18. The summed E-state index contributed by atoms with van der Waals surface area (Å²) >= 11 is 6.26. The lowest BCUT2D eigenvalue weighted by molar-refractivity contribution is -0.141. The SMILES string of the molecule is Cn1c(-c2cn(C3CC3(F)F)nc2C(F)(F)F)cnc1C(=O)Nc1ccc(C(=O)NC2CNCC2OC=O)c(Cl)c1. The van der Waals surface area contributed by atoms with E-state index in [9.17, 15) is 36.3 Å². The smallest absolute Gasteiger partial charge is 0.435 e. The Hall–Kier alpha value is -4.05. The van der Waals surface area contributed by atoms with Crippen LogP contribution >= 0.6 is 11.6 Å². The van der Waals surface area contributed by atoms with Crippen molar-refractivity contribution in [1.82, 2.24) is 30.0 Å². The van der Waals surface area contributed by atoms with E-state index in [0.717, 1.165) is 17.0 Å². The normalized spacial score (nSPS) is 21.4. The quantitative estimate of drug-likeness (QED) is 0.267. The molecule has 0 radical (unpaired) electrons. The highest BCUT2D eigenvalue weighted by Crippen LogP contribution is 2.53. The summed E-state index contributed by atoms with van der Waals surface area (Å²) < 4.78 is 74.6. The monoisotopic (exact) mass is 601 g/mol. The van der Waals surface area contributed by atoms with Crippen molar-refractivity contribution in [2.75, 3.05) is 18.4 Å². The molecule has 1 aromatic carbocycles. The van der Waals surface area contributed by atoms with Gasteiger partial charge < -0.3 is 25.3 Å². The first-order valence-corrected chi connectivity index (χ1v) is 12.5. The first-order chi connectivity index (χ1) is 19.3. The zero-order valence-corrected chi connectivity index (χ0v) is 21.8. The minimum atomic E-state index is -4.95. The molecule has 2 aliphatic rings. The number of halogens is 6. The number of carbonyl (C=O) groups excluding carboxylic acids is 3. The van der Waals surface area contributed by atoms with Crippen molar-refractivity contribution in [3.05, 3.63) is 52.7 Å². The van der Waals surface area contributed by atoms with E-state index >= 15 is 0 Å². The van der Waals surface area contributed by atoms with Crippen molar-refractivity contribution >= 4 is 35.6 Å². The number of anilines is 1.